The van der Waals surface area contributed by atoms with E-state index >= 15 is 0 Å². The fourth-order valence-corrected chi connectivity index (χ4v) is 4.27. The van der Waals surface area contributed by atoms with Gasteiger partial charge in [0.2, 0.25) is 11.8 Å². The first-order valence-corrected chi connectivity index (χ1v) is 10.2. The van der Waals surface area contributed by atoms with Crippen molar-refractivity contribution in [3.05, 3.63) is 59.2 Å². The van der Waals surface area contributed by atoms with E-state index in [9.17, 15) is 14.0 Å². The van der Waals surface area contributed by atoms with Gasteiger partial charge in [0, 0.05) is 29.1 Å². The molecule has 0 saturated carbocycles. The Morgan fingerprint density at radius 2 is 1.90 bits per heavy atom. The molecule has 1 aromatic heterocycles. The minimum Gasteiger partial charge on any atom is -0.497 e. The van der Waals surface area contributed by atoms with Gasteiger partial charge in [-0.25, -0.2) is 9.37 Å². The van der Waals surface area contributed by atoms with E-state index in [1.54, 1.807) is 48.4 Å². The van der Waals surface area contributed by atoms with E-state index in [-0.39, 0.29) is 24.1 Å². The summed E-state index contributed by atoms with van der Waals surface area (Å²) in [5.41, 5.74) is 2.23. The van der Waals surface area contributed by atoms with Crippen LogP contribution >= 0.6 is 11.3 Å². The summed E-state index contributed by atoms with van der Waals surface area (Å²) in [7, 11) is 1.58. The van der Waals surface area contributed by atoms with Crippen molar-refractivity contribution in [1.82, 2.24) is 4.98 Å². The second-order valence-corrected chi connectivity index (χ2v) is 8.23. The van der Waals surface area contributed by atoms with Crippen molar-refractivity contribution in [3.8, 4) is 17.0 Å². The number of hydrogen-bond donors (Lipinski definition) is 1. The largest absolute Gasteiger partial charge is 0.497 e. The van der Waals surface area contributed by atoms with E-state index in [2.05, 4.69) is 10.3 Å². The molecule has 2 aromatic carbocycles. The summed E-state index contributed by atoms with van der Waals surface area (Å²) in [5, 5.41) is 3.30. The van der Waals surface area contributed by atoms with Gasteiger partial charge in [-0.05, 0) is 55.5 Å². The van der Waals surface area contributed by atoms with Crippen LogP contribution in [-0.4, -0.2) is 30.5 Å². The Morgan fingerprint density at radius 1 is 1.20 bits per heavy atom. The zero-order valence-corrected chi connectivity index (χ0v) is 17.3. The van der Waals surface area contributed by atoms with Crippen LogP contribution in [0.25, 0.3) is 11.3 Å². The summed E-state index contributed by atoms with van der Waals surface area (Å²) in [6.07, 6.45) is 0.146. The highest BCUT2D eigenvalue weighted by atomic mass is 32.1. The summed E-state index contributed by atoms with van der Waals surface area (Å²) in [6, 6.07) is 13.2. The van der Waals surface area contributed by atoms with Crippen LogP contribution in [0.1, 0.15) is 11.3 Å². The van der Waals surface area contributed by atoms with Crippen LogP contribution in [-0.2, 0) is 9.59 Å². The van der Waals surface area contributed by atoms with Gasteiger partial charge < -0.3 is 15.0 Å². The maximum absolute atomic E-state index is 13.2. The number of nitrogens with one attached hydrogen (secondary N) is 1. The first kappa shape index (κ1) is 20.0. The van der Waals surface area contributed by atoms with Crippen LogP contribution in [0, 0.1) is 18.7 Å². The SMILES string of the molecule is COc1ccc(N2CC(C(=O)Nc3nc(-c4ccc(F)cc4)c(C)s3)CC2=O)cc1. The van der Waals surface area contributed by atoms with Crippen molar-refractivity contribution in [2.75, 3.05) is 23.9 Å². The number of benzene rings is 2. The number of thiazole rings is 1. The Labute approximate surface area is 177 Å². The van der Waals surface area contributed by atoms with Crippen LogP contribution in [0.4, 0.5) is 15.2 Å². The number of rotatable bonds is 5. The van der Waals surface area contributed by atoms with Crippen molar-refractivity contribution in [2.24, 2.45) is 5.92 Å². The molecular weight excluding hydrogens is 405 g/mol. The summed E-state index contributed by atoms with van der Waals surface area (Å²) in [6.45, 7) is 2.21. The van der Waals surface area contributed by atoms with Gasteiger partial charge in [0.25, 0.3) is 0 Å². The average Bonchev–Trinajstić information content (AvgIpc) is 3.31. The van der Waals surface area contributed by atoms with Crippen molar-refractivity contribution in [1.29, 1.82) is 0 Å². The normalized spacial score (nSPS) is 16.0. The number of ether oxygens (including phenoxy) is 1. The van der Waals surface area contributed by atoms with E-state index < -0.39 is 5.92 Å². The van der Waals surface area contributed by atoms with E-state index in [1.807, 2.05) is 6.92 Å². The molecule has 1 aliphatic heterocycles. The zero-order chi connectivity index (χ0) is 21.3. The summed E-state index contributed by atoms with van der Waals surface area (Å²) < 4.78 is 18.3. The minimum atomic E-state index is -0.460. The summed E-state index contributed by atoms with van der Waals surface area (Å²) in [4.78, 5) is 32.2. The van der Waals surface area contributed by atoms with Gasteiger partial charge in [-0.1, -0.05) is 0 Å². The van der Waals surface area contributed by atoms with E-state index in [0.29, 0.717) is 23.1 Å². The number of amides is 2. The second-order valence-electron chi connectivity index (χ2n) is 7.02. The summed E-state index contributed by atoms with van der Waals surface area (Å²) >= 11 is 1.35. The van der Waals surface area contributed by atoms with Crippen LogP contribution in [0.2, 0.25) is 0 Å². The Hall–Kier alpha value is -3.26. The number of hydrogen-bond acceptors (Lipinski definition) is 5. The molecule has 0 aliphatic carbocycles. The minimum absolute atomic E-state index is 0.0948. The molecule has 0 radical (unpaired) electrons. The predicted octanol–water partition coefficient (Wildman–Crippen LogP) is 4.26. The lowest BCUT2D eigenvalue weighted by Gasteiger charge is -2.16. The summed E-state index contributed by atoms with van der Waals surface area (Å²) in [5.74, 6) is -0.400. The van der Waals surface area contributed by atoms with Crippen molar-refractivity contribution < 1.29 is 18.7 Å². The fraction of sp³-hybridized carbons (Fsp3) is 0.227. The molecular formula is C22H20FN3O3S. The highest BCUT2D eigenvalue weighted by molar-refractivity contribution is 7.16. The Morgan fingerprint density at radius 3 is 2.57 bits per heavy atom. The van der Waals surface area contributed by atoms with Crippen LogP contribution in [0.15, 0.2) is 48.5 Å². The molecule has 154 valence electrons. The van der Waals surface area contributed by atoms with Gasteiger partial charge in [0.05, 0.1) is 18.7 Å². The highest BCUT2D eigenvalue weighted by Gasteiger charge is 2.35. The molecule has 1 saturated heterocycles. The first-order chi connectivity index (χ1) is 14.4. The lowest BCUT2D eigenvalue weighted by atomic mass is 10.1. The second kappa shape index (κ2) is 8.23. The number of carbonyl (C=O) groups excluding carboxylic acids is 2. The molecule has 1 atom stereocenters. The number of nitrogens with zero attached hydrogens (tertiary/aromatic N) is 2. The molecule has 30 heavy (non-hydrogen) atoms. The Kier molecular flexibility index (Phi) is 5.50. The van der Waals surface area contributed by atoms with E-state index in [4.69, 9.17) is 4.74 Å². The first-order valence-electron chi connectivity index (χ1n) is 9.43. The number of methoxy groups -OCH3 is 1. The predicted molar refractivity (Wildman–Crippen MR) is 114 cm³/mol. The van der Waals surface area contributed by atoms with Crippen molar-refractivity contribution >= 4 is 34.0 Å². The maximum Gasteiger partial charge on any atom is 0.231 e. The monoisotopic (exact) mass is 425 g/mol. The quantitative estimate of drug-likeness (QED) is 0.663. The number of halogens is 1. The van der Waals surface area contributed by atoms with Gasteiger partial charge >= 0.3 is 0 Å². The van der Waals surface area contributed by atoms with Crippen molar-refractivity contribution in [2.45, 2.75) is 13.3 Å². The molecule has 0 bridgehead atoms. The lowest BCUT2D eigenvalue weighted by molar-refractivity contribution is -0.122. The molecule has 2 heterocycles. The van der Waals surface area contributed by atoms with Gasteiger partial charge in [0.15, 0.2) is 5.13 Å². The highest BCUT2D eigenvalue weighted by Crippen LogP contribution is 2.32. The van der Waals surface area contributed by atoms with Crippen LogP contribution < -0.4 is 15.0 Å². The standard InChI is InChI=1S/C22H20FN3O3S/c1-13-20(14-3-5-16(23)6-4-14)24-22(30-13)25-21(28)15-11-19(27)26(12-15)17-7-9-18(29-2)10-8-17/h3-10,15H,11-12H2,1-2H3,(H,24,25,28). The smallest absolute Gasteiger partial charge is 0.231 e. The fourth-order valence-electron chi connectivity index (χ4n) is 3.43. The molecule has 8 heteroatoms. The third kappa shape index (κ3) is 4.04. The van der Waals surface area contributed by atoms with Gasteiger partial charge in [-0.2, -0.15) is 0 Å². The molecule has 1 aliphatic rings. The van der Waals surface area contributed by atoms with E-state index in [0.717, 1.165) is 16.1 Å². The topological polar surface area (TPSA) is 71.5 Å². The molecule has 4 rings (SSSR count). The van der Waals surface area contributed by atoms with Crippen molar-refractivity contribution in [3.63, 3.8) is 0 Å². The third-order valence-corrected chi connectivity index (χ3v) is 5.91. The molecule has 2 amide bonds. The number of aromatic nitrogens is 1. The molecule has 6 nitrogen and oxygen atoms in total. The Bertz CT molecular complexity index is 1080. The third-order valence-electron chi connectivity index (χ3n) is 5.02. The van der Waals surface area contributed by atoms with Crippen LogP contribution in [0.5, 0.6) is 5.75 Å². The van der Waals surface area contributed by atoms with Crippen LogP contribution in [0.3, 0.4) is 0 Å². The Balaban J connectivity index is 1.45. The molecule has 3 aromatic rings. The average molecular weight is 425 g/mol. The molecule has 0 spiro atoms. The molecule has 1 unspecified atom stereocenters. The number of carbonyl (C=O) groups is 2. The van der Waals surface area contributed by atoms with Gasteiger partial charge in [-0.3, -0.25) is 9.59 Å². The zero-order valence-electron chi connectivity index (χ0n) is 16.5. The lowest BCUT2D eigenvalue weighted by Crippen LogP contribution is -2.28. The van der Waals surface area contributed by atoms with Gasteiger partial charge in [-0.15, -0.1) is 11.3 Å². The molecule has 1 N–H and O–H groups in total. The van der Waals surface area contributed by atoms with Gasteiger partial charge in [0.1, 0.15) is 11.6 Å². The van der Waals surface area contributed by atoms with E-state index in [1.165, 1.54) is 23.5 Å². The number of aryl methyl sites for hydroxylation is 1. The maximum atomic E-state index is 13.2. The number of anilines is 2. The molecule has 1 fully saturated rings.